The molecule has 136 valence electrons. The molecule has 3 amide bonds. The van der Waals surface area contributed by atoms with Gasteiger partial charge in [-0.05, 0) is 55.3 Å². The van der Waals surface area contributed by atoms with Crippen molar-refractivity contribution in [2.45, 2.75) is 25.1 Å². The molecule has 0 aliphatic heterocycles. The van der Waals surface area contributed by atoms with E-state index in [9.17, 15) is 22.8 Å². The molecule has 0 spiro atoms. The normalized spacial score (nSPS) is 13.8. The summed E-state index contributed by atoms with van der Waals surface area (Å²) in [5.74, 6) is -0.174. The Kier molecular flexibility index (Phi) is 4.83. The van der Waals surface area contributed by atoms with E-state index >= 15 is 0 Å². The van der Waals surface area contributed by atoms with Gasteiger partial charge in [0.25, 0.3) is 5.91 Å². The minimum Gasteiger partial charge on any atom is -0.349 e. The van der Waals surface area contributed by atoms with E-state index < -0.39 is 17.8 Å². The van der Waals surface area contributed by atoms with Gasteiger partial charge in [-0.1, -0.05) is 6.07 Å². The van der Waals surface area contributed by atoms with Gasteiger partial charge in [-0.2, -0.15) is 13.2 Å². The van der Waals surface area contributed by atoms with Crippen molar-refractivity contribution in [3.63, 3.8) is 0 Å². The first-order valence-corrected chi connectivity index (χ1v) is 7.97. The number of amides is 3. The third kappa shape index (κ3) is 4.75. The third-order valence-corrected chi connectivity index (χ3v) is 3.77. The van der Waals surface area contributed by atoms with Crippen molar-refractivity contribution in [2.75, 3.05) is 10.6 Å². The summed E-state index contributed by atoms with van der Waals surface area (Å²) in [5.41, 5.74) is 0.0669. The Hall–Kier alpha value is -3.03. The number of benzene rings is 2. The molecule has 0 heterocycles. The molecule has 0 unspecified atom stereocenters. The first-order valence-electron chi connectivity index (χ1n) is 7.97. The number of rotatable bonds is 4. The predicted octanol–water partition coefficient (Wildman–Crippen LogP) is 4.24. The Morgan fingerprint density at radius 1 is 0.923 bits per heavy atom. The summed E-state index contributed by atoms with van der Waals surface area (Å²) in [6.45, 7) is 0. The molecule has 1 saturated carbocycles. The number of anilines is 2. The fourth-order valence-corrected chi connectivity index (χ4v) is 2.27. The highest BCUT2D eigenvalue weighted by molar-refractivity contribution is 6.00. The van der Waals surface area contributed by atoms with Gasteiger partial charge in [0.15, 0.2) is 0 Å². The van der Waals surface area contributed by atoms with Gasteiger partial charge in [0.05, 0.1) is 5.56 Å². The van der Waals surface area contributed by atoms with Crippen LogP contribution in [-0.2, 0) is 6.18 Å². The Bertz CT molecular complexity index is 815. The lowest BCUT2D eigenvalue weighted by Crippen LogP contribution is -2.25. The molecule has 0 aromatic heterocycles. The molecule has 5 nitrogen and oxygen atoms in total. The summed E-state index contributed by atoms with van der Waals surface area (Å²) in [6, 6.07) is 10.2. The number of halogens is 3. The fraction of sp³-hybridized carbons (Fsp3) is 0.222. The van der Waals surface area contributed by atoms with Gasteiger partial charge in [0, 0.05) is 23.0 Å². The van der Waals surface area contributed by atoms with Crippen LogP contribution in [-0.4, -0.2) is 18.0 Å². The monoisotopic (exact) mass is 363 g/mol. The zero-order valence-corrected chi connectivity index (χ0v) is 13.6. The molecule has 0 bridgehead atoms. The SMILES string of the molecule is O=C(Nc1ccc(C(=O)NC2CC2)cc1)Nc1cccc(C(F)(F)F)c1. The molecule has 1 aliphatic carbocycles. The topological polar surface area (TPSA) is 70.2 Å². The summed E-state index contributed by atoms with van der Waals surface area (Å²) in [4.78, 5) is 23.8. The molecule has 1 aliphatic rings. The van der Waals surface area contributed by atoms with E-state index in [2.05, 4.69) is 16.0 Å². The van der Waals surface area contributed by atoms with Crippen LogP contribution in [0.25, 0.3) is 0 Å². The number of carbonyl (C=O) groups is 2. The molecule has 1 fully saturated rings. The summed E-state index contributed by atoms with van der Waals surface area (Å²) in [6.07, 6.45) is -2.51. The van der Waals surface area contributed by atoms with Crippen LogP contribution >= 0.6 is 0 Å². The molecule has 8 heteroatoms. The van der Waals surface area contributed by atoms with Gasteiger partial charge in [-0.15, -0.1) is 0 Å². The van der Waals surface area contributed by atoms with Crippen molar-refractivity contribution >= 4 is 23.3 Å². The Morgan fingerprint density at radius 2 is 1.58 bits per heavy atom. The maximum atomic E-state index is 12.7. The Morgan fingerprint density at radius 3 is 2.19 bits per heavy atom. The molecule has 0 radical (unpaired) electrons. The van der Waals surface area contributed by atoms with Gasteiger partial charge < -0.3 is 16.0 Å². The first-order chi connectivity index (χ1) is 12.3. The summed E-state index contributed by atoms with van der Waals surface area (Å²) in [5, 5.41) is 7.70. The van der Waals surface area contributed by atoms with Crippen molar-refractivity contribution in [3.05, 3.63) is 59.7 Å². The second kappa shape index (κ2) is 7.07. The van der Waals surface area contributed by atoms with Crippen LogP contribution < -0.4 is 16.0 Å². The highest BCUT2D eigenvalue weighted by Crippen LogP contribution is 2.30. The maximum Gasteiger partial charge on any atom is 0.416 e. The van der Waals surface area contributed by atoms with Crippen LogP contribution in [0.2, 0.25) is 0 Å². The van der Waals surface area contributed by atoms with E-state index in [1.807, 2.05) is 0 Å². The van der Waals surface area contributed by atoms with Gasteiger partial charge in [-0.3, -0.25) is 4.79 Å². The van der Waals surface area contributed by atoms with E-state index in [-0.39, 0.29) is 17.6 Å². The third-order valence-electron chi connectivity index (χ3n) is 3.77. The quantitative estimate of drug-likeness (QED) is 0.760. The minimum absolute atomic E-state index is 0.0257. The molecule has 2 aromatic carbocycles. The van der Waals surface area contributed by atoms with Gasteiger partial charge in [0.2, 0.25) is 0 Å². The van der Waals surface area contributed by atoms with Crippen molar-refractivity contribution in [1.29, 1.82) is 0 Å². The molecule has 0 saturated heterocycles. The van der Waals surface area contributed by atoms with Crippen LogP contribution in [0.4, 0.5) is 29.3 Å². The molecule has 26 heavy (non-hydrogen) atoms. The van der Waals surface area contributed by atoms with Crippen LogP contribution in [0.5, 0.6) is 0 Å². The summed E-state index contributed by atoms with van der Waals surface area (Å²) < 4.78 is 38.0. The average Bonchev–Trinajstić information content (AvgIpc) is 3.39. The van der Waals surface area contributed by atoms with E-state index in [0.717, 1.165) is 25.0 Å². The summed E-state index contributed by atoms with van der Waals surface area (Å²) in [7, 11) is 0. The highest BCUT2D eigenvalue weighted by Gasteiger charge is 2.30. The van der Waals surface area contributed by atoms with Gasteiger partial charge in [0.1, 0.15) is 0 Å². The molecule has 3 rings (SSSR count). The number of hydrogen-bond acceptors (Lipinski definition) is 2. The highest BCUT2D eigenvalue weighted by atomic mass is 19.4. The van der Waals surface area contributed by atoms with E-state index in [1.54, 1.807) is 24.3 Å². The molecule has 0 atom stereocenters. The standard InChI is InChI=1S/C18H16F3N3O2/c19-18(20,21)12-2-1-3-15(10-12)24-17(26)23-14-6-4-11(5-7-14)16(25)22-13-8-9-13/h1-7,10,13H,8-9H2,(H,22,25)(H2,23,24,26). The smallest absolute Gasteiger partial charge is 0.349 e. The fourth-order valence-electron chi connectivity index (χ4n) is 2.27. The number of hydrogen-bond donors (Lipinski definition) is 3. The molecule has 3 N–H and O–H groups in total. The lowest BCUT2D eigenvalue weighted by molar-refractivity contribution is -0.137. The maximum absolute atomic E-state index is 12.7. The number of alkyl halides is 3. The number of urea groups is 1. The Balaban J connectivity index is 1.58. The lowest BCUT2D eigenvalue weighted by atomic mass is 10.2. The summed E-state index contributed by atoms with van der Waals surface area (Å²) >= 11 is 0. The average molecular weight is 363 g/mol. The van der Waals surface area contributed by atoms with E-state index in [4.69, 9.17) is 0 Å². The second-order valence-electron chi connectivity index (χ2n) is 5.98. The van der Waals surface area contributed by atoms with Crippen molar-refractivity contribution in [3.8, 4) is 0 Å². The Labute approximate surface area is 147 Å². The zero-order valence-electron chi connectivity index (χ0n) is 13.6. The van der Waals surface area contributed by atoms with Crippen molar-refractivity contribution < 1.29 is 22.8 Å². The number of nitrogens with one attached hydrogen (secondary N) is 3. The van der Waals surface area contributed by atoms with Gasteiger partial charge in [-0.25, -0.2) is 4.79 Å². The van der Waals surface area contributed by atoms with E-state index in [0.29, 0.717) is 11.3 Å². The van der Waals surface area contributed by atoms with Crippen molar-refractivity contribution in [2.24, 2.45) is 0 Å². The largest absolute Gasteiger partial charge is 0.416 e. The van der Waals surface area contributed by atoms with Crippen LogP contribution in [0.15, 0.2) is 48.5 Å². The second-order valence-corrected chi connectivity index (χ2v) is 5.98. The molecular weight excluding hydrogens is 347 g/mol. The molecule has 2 aromatic rings. The first kappa shape index (κ1) is 17.8. The van der Waals surface area contributed by atoms with Crippen LogP contribution in [0.1, 0.15) is 28.8 Å². The zero-order chi connectivity index (χ0) is 18.7. The predicted molar refractivity (Wildman–Crippen MR) is 91.0 cm³/mol. The molecular formula is C18H16F3N3O2. The number of carbonyl (C=O) groups excluding carboxylic acids is 2. The van der Waals surface area contributed by atoms with E-state index in [1.165, 1.54) is 12.1 Å². The van der Waals surface area contributed by atoms with Crippen LogP contribution in [0, 0.1) is 0 Å². The van der Waals surface area contributed by atoms with Gasteiger partial charge >= 0.3 is 12.2 Å². The minimum atomic E-state index is -4.48. The lowest BCUT2D eigenvalue weighted by Gasteiger charge is -2.11. The van der Waals surface area contributed by atoms with Crippen LogP contribution in [0.3, 0.4) is 0 Å². The van der Waals surface area contributed by atoms with Crippen molar-refractivity contribution in [1.82, 2.24) is 5.32 Å².